The van der Waals surface area contributed by atoms with Crippen LogP contribution in [0.4, 0.5) is 0 Å². The largest absolute Gasteiger partial charge is 0.310 e. The van der Waals surface area contributed by atoms with Crippen LogP contribution in [-0.2, 0) is 6.54 Å². The highest BCUT2D eigenvalue weighted by molar-refractivity contribution is 7.12. The van der Waals surface area contributed by atoms with Crippen LogP contribution in [0, 0.1) is 13.8 Å². The Balaban J connectivity index is 1.79. The SMILES string of the molecule is Cc1cc(CNC2CCN(C(C)(C)C)CC2)c(C)s1. The second kappa shape index (κ2) is 5.94. The average molecular weight is 280 g/mol. The van der Waals surface area contributed by atoms with Crippen molar-refractivity contribution in [2.24, 2.45) is 0 Å². The summed E-state index contributed by atoms with van der Waals surface area (Å²) in [6.07, 6.45) is 2.55. The maximum atomic E-state index is 3.74. The summed E-state index contributed by atoms with van der Waals surface area (Å²) in [5, 5.41) is 3.74. The molecule has 0 amide bonds. The van der Waals surface area contributed by atoms with Crippen molar-refractivity contribution >= 4 is 11.3 Å². The summed E-state index contributed by atoms with van der Waals surface area (Å²) in [4.78, 5) is 5.50. The first-order valence-electron chi connectivity index (χ1n) is 7.40. The first-order valence-corrected chi connectivity index (χ1v) is 8.22. The van der Waals surface area contributed by atoms with Gasteiger partial charge >= 0.3 is 0 Å². The van der Waals surface area contributed by atoms with Crippen LogP contribution in [0.5, 0.6) is 0 Å². The number of rotatable bonds is 3. The van der Waals surface area contributed by atoms with Crippen LogP contribution in [-0.4, -0.2) is 29.6 Å². The summed E-state index contributed by atoms with van der Waals surface area (Å²) in [7, 11) is 0. The second-order valence-corrected chi connectivity index (χ2v) is 8.21. The van der Waals surface area contributed by atoms with E-state index in [4.69, 9.17) is 0 Å². The third kappa shape index (κ3) is 4.04. The van der Waals surface area contributed by atoms with Gasteiger partial charge in [-0.25, -0.2) is 0 Å². The molecular formula is C16H28N2S. The lowest BCUT2D eigenvalue weighted by molar-refractivity contribution is 0.0960. The first-order chi connectivity index (χ1) is 8.86. The molecule has 0 unspecified atom stereocenters. The molecule has 2 nitrogen and oxygen atoms in total. The summed E-state index contributed by atoms with van der Waals surface area (Å²) in [6, 6.07) is 3.02. The molecule has 0 bridgehead atoms. The molecular weight excluding hydrogens is 252 g/mol. The Kier molecular flexibility index (Phi) is 4.70. The Morgan fingerprint density at radius 3 is 2.37 bits per heavy atom. The third-order valence-corrected chi connectivity index (χ3v) is 5.18. The molecule has 0 aliphatic carbocycles. The highest BCUT2D eigenvalue weighted by atomic mass is 32.1. The van der Waals surface area contributed by atoms with Crippen LogP contribution < -0.4 is 5.32 Å². The van der Waals surface area contributed by atoms with Gasteiger partial charge in [0.15, 0.2) is 0 Å². The van der Waals surface area contributed by atoms with E-state index in [-0.39, 0.29) is 0 Å². The number of nitrogens with zero attached hydrogens (tertiary/aromatic N) is 1. The van der Waals surface area contributed by atoms with Gasteiger partial charge in [-0.1, -0.05) is 0 Å². The normalized spacial score (nSPS) is 19.0. The summed E-state index contributed by atoms with van der Waals surface area (Å²) in [5.74, 6) is 0. The van der Waals surface area contributed by atoms with Gasteiger partial charge in [-0.15, -0.1) is 11.3 Å². The zero-order valence-electron chi connectivity index (χ0n) is 13.0. The molecule has 0 aromatic carbocycles. The van der Waals surface area contributed by atoms with Crippen LogP contribution in [0.3, 0.4) is 0 Å². The van der Waals surface area contributed by atoms with Crippen molar-refractivity contribution in [2.45, 2.75) is 65.6 Å². The van der Waals surface area contributed by atoms with Crippen LogP contribution >= 0.6 is 11.3 Å². The molecule has 0 saturated carbocycles. The fourth-order valence-corrected chi connectivity index (χ4v) is 3.81. The first kappa shape index (κ1) is 15.0. The quantitative estimate of drug-likeness (QED) is 0.908. The fraction of sp³-hybridized carbons (Fsp3) is 0.750. The van der Waals surface area contributed by atoms with Crippen molar-refractivity contribution in [1.82, 2.24) is 10.2 Å². The van der Waals surface area contributed by atoms with Crippen LogP contribution in [0.2, 0.25) is 0 Å². The molecule has 0 spiro atoms. The highest BCUT2D eigenvalue weighted by Crippen LogP contribution is 2.22. The highest BCUT2D eigenvalue weighted by Gasteiger charge is 2.26. The lowest BCUT2D eigenvalue weighted by Crippen LogP contribution is -2.49. The second-order valence-electron chi connectivity index (χ2n) is 6.75. The molecule has 0 atom stereocenters. The Labute approximate surface area is 122 Å². The Bertz CT molecular complexity index is 409. The minimum atomic E-state index is 0.325. The number of aryl methyl sites for hydroxylation is 2. The van der Waals surface area contributed by atoms with E-state index in [9.17, 15) is 0 Å². The zero-order chi connectivity index (χ0) is 14.0. The minimum Gasteiger partial charge on any atom is -0.310 e. The van der Waals surface area contributed by atoms with Crippen molar-refractivity contribution in [3.8, 4) is 0 Å². The predicted molar refractivity (Wildman–Crippen MR) is 85.0 cm³/mol. The third-order valence-electron chi connectivity index (χ3n) is 4.17. The lowest BCUT2D eigenvalue weighted by atomic mass is 9.98. The molecule has 1 aromatic rings. The number of likely N-dealkylation sites (tertiary alicyclic amines) is 1. The van der Waals surface area contributed by atoms with E-state index >= 15 is 0 Å². The van der Waals surface area contributed by atoms with Crippen molar-refractivity contribution < 1.29 is 0 Å². The Morgan fingerprint density at radius 2 is 1.89 bits per heavy atom. The summed E-state index contributed by atoms with van der Waals surface area (Å²) >= 11 is 1.91. The Morgan fingerprint density at radius 1 is 1.26 bits per heavy atom. The average Bonchev–Trinajstić information content (AvgIpc) is 2.65. The molecule has 3 heteroatoms. The molecule has 108 valence electrons. The Hall–Kier alpha value is -0.380. The van der Waals surface area contributed by atoms with E-state index in [1.807, 2.05) is 11.3 Å². The van der Waals surface area contributed by atoms with E-state index in [0.29, 0.717) is 11.6 Å². The number of piperidine rings is 1. The van der Waals surface area contributed by atoms with Gasteiger partial charge in [0.1, 0.15) is 0 Å². The predicted octanol–water partition coefficient (Wildman–Crippen LogP) is 3.72. The number of nitrogens with one attached hydrogen (secondary N) is 1. The molecule has 2 heterocycles. The van der Waals surface area contributed by atoms with Crippen molar-refractivity contribution in [3.05, 3.63) is 21.4 Å². The van der Waals surface area contributed by atoms with Gasteiger partial charge in [0.05, 0.1) is 0 Å². The van der Waals surface area contributed by atoms with Crippen LogP contribution in [0.25, 0.3) is 0 Å². The number of thiophene rings is 1. The maximum absolute atomic E-state index is 3.74. The maximum Gasteiger partial charge on any atom is 0.0219 e. The summed E-state index contributed by atoms with van der Waals surface area (Å²) in [5.41, 5.74) is 1.81. The number of hydrogen-bond donors (Lipinski definition) is 1. The van der Waals surface area contributed by atoms with Crippen molar-refractivity contribution in [1.29, 1.82) is 0 Å². The van der Waals surface area contributed by atoms with Gasteiger partial charge < -0.3 is 5.32 Å². The van der Waals surface area contributed by atoms with E-state index < -0.39 is 0 Å². The minimum absolute atomic E-state index is 0.325. The van der Waals surface area contributed by atoms with Gasteiger partial charge in [-0.3, -0.25) is 4.90 Å². The van der Waals surface area contributed by atoms with Gasteiger partial charge in [-0.2, -0.15) is 0 Å². The van der Waals surface area contributed by atoms with Gasteiger partial charge in [0.2, 0.25) is 0 Å². The zero-order valence-corrected chi connectivity index (χ0v) is 13.9. The summed E-state index contributed by atoms with van der Waals surface area (Å²) in [6.45, 7) is 14.9. The van der Waals surface area contributed by atoms with E-state index in [2.05, 4.69) is 50.9 Å². The van der Waals surface area contributed by atoms with E-state index in [1.54, 1.807) is 0 Å². The van der Waals surface area contributed by atoms with Gasteiger partial charge in [-0.05, 0) is 59.1 Å². The molecule has 1 saturated heterocycles. The topological polar surface area (TPSA) is 15.3 Å². The van der Waals surface area contributed by atoms with Crippen molar-refractivity contribution in [3.63, 3.8) is 0 Å². The van der Waals surface area contributed by atoms with Gasteiger partial charge in [0.25, 0.3) is 0 Å². The standard InChI is InChI=1S/C16H28N2S/c1-12-10-14(13(2)19-12)11-17-15-6-8-18(9-7-15)16(3,4)5/h10,15,17H,6-9,11H2,1-5H3. The molecule has 1 fully saturated rings. The van der Waals surface area contributed by atoms with Crippen molar-refractivity contribution in [2.75, 3.05) is 13.1 Å². The van der Waals surface area contributed by atoms with E-state index in [1.165, 1.54) is 41.2 Å². The lowest BCUT2D eigenvalue weighted by Gasteiger charge is -2.41. The smallest absolute Gasteiger partial charge is 0.0219 e. The molecule has 0 radical (unpaired) electrons. The number of hydrogen-bond acceptors (Lipinski definition) is 3. The molecule has 19 heavy (non-hydrogen) atoms. The molecule has 1 aliphatic rings. The molecule has 1 N–H and O–H groups in total. The van der Waals surface area contributed by atoms with Crippen LogP contribution in [0.15, 0.2) is 6.07 Å². The molecule has 1 aromatic heterocycles. The van der Waals surface area contributed by atoms with E-state index in [0.717, 1.165) is 6.54 Å². The fourth-order valence-electron chi connectivity index (χ4n) is 2.87. The van der Waals surface area contributed by atoms with Crippen LogP contribution in [0.1, 0.15) is 48.9 Å². The molecule has 2 rings (SSSR count). The van der Waals surface area contributed by atoms with Gasteiger partial charge in [0, 0.05) is 41.0 Å². The monoisotopic (exact) mass is 280 g/mol. The molecule has 1 aliphatic heterocycles. The summed E-state index contributed by atoms with van der Waals surface area (Å²) < 4.78 is 0.